The zero-order valence-corrected chi connectivity index (χ0v) is 13.9. The van der Waals surface area contributed by atoms with Crippen LogP contribution in [0, 0.1) is 6.92 Å². The van der Waals surface area contributed by atoms with Crippen LogP contribution in [0.1, 0.15) is 23.1 Å². The number of amides is 1. The highest BCUT2D eigenvalue weighted by Crippen LogP contribution is 2.12. The molecule has 2 rings (SSSR count). The van der Waals surface area contributed by atoms with Crippen molar-refractivity contribution in [2.45, 2.75) is 25.5 Å². The summed E-state index contributed by atoms with van der Waals surface area (Å²) in [7, 11) is 0. The minimum atomic E-state index is 0.130. The summed E-state index contributed by atoms with van der Waals surface area (Å²) in [4.78, 5) is 11.8. The van der Waals surface area contributed by atoms with Crippen molar-refractivity contribution in [2.24, 2.45) is 0 Å². The predicted octanol–water partition coefficient (Wildman–Crippen LogP) is 3.98. The van der Waals surface area contributed by atoms with Crippen molar-refractivity contribution in [1.82, 2.24) is 5.32 Å². The first-order chi connectivity index (χ1) is 10.7. The normalized spacial score (nSPS) is 10.4. The van der Waals surface area contributed by atoms with E-state index < -0.39 is 0 Å². The molecule has 0 aromatic heterocycles. The fraction of sp³-hybridized carbons (Fsp3) is 0.316. The Labute approximate surface area is 137 Å². The fourth-order valence-electron chi connectivity index (χ4n) is 2.16. The molecule has 0 aliphatic heterocycles. The van der Waals surface area contributed by atoms with Crippen LogP contribution in [-0.2, 0) is 17.0 Å². The molecule has 0 unspecified atom stereocenters. The molecule has 0 aliphatic carbocycles. The lowest BCUT2D eigenvalue weighted by atomic mass is 10.1. The Morgan fingerprint density at radius 2 is 1.73 bits per heavy atom. The topological polar surface area (TPSA) is 29.1 Å². The van der Waals surface area contributed by atoms with E-state index in [1.807, 2.05) is 6.07 Å². The van der Waals surface area contributed by atoms with E-state index in [0.717, 1.165) is 25.1 Å². The highest BCUT2D eigenvalue weighted by molar-refractivity contribution is 7.99. The van der Waals surface area contributed by atoms with Crippen LogP contribution >= 0.6 is 11.8 Å². The molecule has 22 heavy (non-hydrogen) atoms. The van der Waals surface area contributed by atoms with Crippen molar-refractivity contribution >= 4 is 17.7 Å². The first-order valence-electron chi connectivity index (χ1n) is 7.68. The summed E-state index contributed by atoms with van der Waals surface area (Å²) in [6.45, 7) is 2.83. The molecule has 2 aromatic rings. The zero-order chi connectivity index (χ0) is 15.6. The van der Waals surface area contributed by atoms with Crippen LogP contribution in [0.5, 0.6) is 0 Å². The smallest absolute Gasteiger partial charge is 0.230 e. The van der Waals surface area contributed by atoms with Crippen LogP contribution < -0.4 is 5.32 Å². The van der Waals surface area contributed by atoms with Gasteiger partial charge in [-0.05, 0) is 30.9 Å². The van der Waals surface area contributed by atoms with Crippen molar-refractivity contribution in [3.63, 3.8) is 0 Å². The summed E-state index contributed by atoms with van der Waals surface area (Å²) in [5.41, 5.74) is 3.86. The van der Waals surface area contributed by atoms with Gasteiger partial charge in [-0.25, -0.2) is 0 Å². The molecule has 1 amide bonds. The quantitative estimate of drug-likeness (QED) is 0.747. The Morgan fingerprint density at radius 1 is 1.00 bits per heavy atom. The molecule has 0 saturated carbocycles. The van der Waals surface area contributed by atoms with Crippen LogP contribution in [0.4, 0.5) is 0 Å². The van der Waals surface area contributed by atoms with Gasteiger partial charge in [0.15, 0.2) is 0 Å². The van der Waals surface area contributed by atoms with E-state index in [4.69, 9.17) is 0 Å². The Bertz CT molecular complexity index is 566. The van der Waals surface area contributed by atoms with Gasteiger partial charge in [0.1, 0.15) is 0 Å². The molecule has 2 aromatic carbocycles. The number of carbonyl (C=O) groups is 1. The molecule has 0 fully saturated rings. The van der Waals surface area contributed by atoms with Gasteiger partial charge in [0.2, 0.25) is 5.91 Å². The van der Waals surface area contributed by atoms with E-state index in [2.05, 4.69) is 60.8 Å². The molecule has 116 valence electrons. The number of hydrogen-bond acceptors (Lipinski definition) is 2. The highest BCUT2D eigenvalue weighted by atomic mass is 32.2. The second kappa shape index (κ2) is 9.31. The van der Waals surface area contributed by atoms with Crippen LogP contribution in [0.15, 0.2) is 54.6 Å². The summed E-state index contributed by atoms with van der Waals surface area (Å²) >= 11 is 1.66. The predicted molar refractivity (Wildman–Crippen MR) is 95.1 cm³/mol. The first kappa shape index (κ1) is 16.6. The van der Waals surface area contributed by atoms with Crippen molar-refractivity contribution in [1.29, 1.82) is 0 Å². The lowest BCUT2D eigenvalue weighted by Gasteiger charge is -2.06. The summed E-state index contributed by atoms with van der Waals surface area (Å²) < 4.78 is 0. The van der Waals surface area contributed by atoms with Gasteiger partial charge < -0.3 is 5.32 Å². The zero-order valence-electron chi connectivity index (χ0n) is 13.0. The average Bonchev–Trinajstić information content (AvgIpc) is 2.54. The molecule has 0 spiro atoms. The van der Waals surface area contributed by atoms with E-state index in [9.17, 15) is 4.79 Å². The van der Waals surface area contributed by atoms with Gasteiger partial charge in [-0.2, -0.15) is 0 Å². The third kappa shape index (κ3) is 6.35. The largest absolute Gasteiger partial charge is 0.355 e. The molecule has 0 saturated heterocycles. The second-order valence-electron chi connectivity index (χ2n) is 5.42. The molecular formula is C19H23NOS. The molecule has 0 atom stereocenters. The number of carbonyl (C=O) groups excluding carboxylic acids is 1. The van der Waals surface area contributed by atoms with Crippen LogP contribution in [0.2, 0.25) is 0 Å². The van der Waals surface area contributed by atoms with E-state index in [0.29, 0.717) is 5.75 Å². The second-order valence-corrected chi connectivity index (χ2v) is 6.40. The molecule has 0 radical (unpaired) electrons. The van der Waals surface area contributed by atoms with Gasteiger partial charge in [-0.3, -0.25) is 4.79 Å². The van der Waals surface area contributed by atoms with Gasteiger partial charge in [-0.15, -0.1) is 11.8 Å². The molecule has 3 heteroatoms. The van der Waals surface area contributed by atoms with Crippen molar-refractivity contribution in [3.8, 4) is 0 Å². The van der Waals surface area contributed by atoms with Crippen LogP contribution in [0.3, 0.4) is 0 Å². The van der Waals surface area contributed by atoms with E-state index in [1.54, 1.807) is 11.8 Å². The molecule has 0 aliphatic rings. The van der Waals surface area contributed by atoms with E-state index >= 15 is 0 Å². The molecular weight excluding hydrogens is 290 g/mol. The highest BCUT2D eigenvalue weighted by Gasteiger charge is 2.01. The summed E-state index contributed by atoms with van der Waals surface area (Å²) in [6.07, 6.45) is 2.00. The third-order valence-electron chi connectivity index (χ3n) is 3.43. The van der Waals surface area contributed by atoms with Gasteiger partial charge in [0.05, 0.1) is 5.75 Å². The van der Waals surface area contributed by atoms with Gasteiger partial charge in [0, 0.05) is 12.3 Å². The number of benzene rings is 2. The molecule has 0 bridgehead atoms. The average molecular weight is 313 g/mol. The maximum atomic E-state index is 11.8. The Morgan fingerprint density at radius 3 is 2.45 bits per heavy atom. The summed E-state index contributed by atoms with van der Waals surface area (Å²) in [5, 5.41) is 2.99. The Balaban J connectivity index is 1.55. The Hall–Kier alpha value is -1.74. The molecule has 2 nitrogen and oxygen atoms in total. The number of aryl methyl sites for hydroxylation is 2. The summed E-state index contributed by atoms with van der Waals surface area (Å²) in [5.74, 6) is 1.54. The van der Waals surface area contributed by atoms with Crippen molar-refractivity contribution < 1.29 is 4.79 Å². The van der Waals surface area contributed by atoms with Crippen LogP contribution in [-0.4, -0.2) is 18.2 Å². The standard InChI is InChI=1S/C19H23NOS/c1-16-9-11-18(12-10-16)14-22-15-19(21)20-13-5-8-17-6-3-2-4-7-17/h2-4,6-7,9-12H,5,8,13-15H2,1H3,(H,20,21). The third-order valence-corrected chi connectivity index (χ3v) is 4.43. The number of hydrogen-bond donors (Lipinski definition) is 1. The van der Waals surface area contributed by atoms with Crippen molar-refractivity contribution in [2.75, 3.05) is 12.3 Å². The lowest BCUT2D eigenvalue weighted by Crippen LogP contribution is -2.26. The van der Waals surface area contributed by atoms with Gasteiger partial charge in [-0.1, -0.05) is 60.2 Å². The maximum absolute atomic E-state index is 11.8. The maximum Gasteiger partial charge on any atom is 0.230 e. The minimum Gasteiger partial charge on any atom is -0.355 e. The first-order valence-corrected chi connectivity index (χ1v) is 8.83. The Kier molecular flexibility index (Phi) is 7.04. The lowest BCUT2D eigenvalue weighted by molar-refractivity contribution is -0.118. The van der Waals surface area contributed by atoms with Crippen molar-refractivity contribution in [3.05, 3.63) is 71.3 Å². The van der Waals surface area contributed by atoms with Crippen LogP contribution in [0.25, 0.3) is 0 Å². The fourth-order valence-corrected chi connectivity index (χ4v) is 2.98. The summed E-state index contributed by atoms with van der Waals surface area (Å²) in [6, 6.07) is 18.8. The van der Waals surface area contributed by atoms with E-state index in [1.165, 1.54) is 16.7 Å². The molecule has 1 N–H and O–H groups in total. The molecule has 0 heterocycles. The van der Waals surface area contributed by atoms with Gasteiger partial charge in [0.25, 0.3) is 0 Å². The monoisotopic (exact) mass is 313 g/mol. The number of nitrogens with one attached hydrogen (secondary N) is 1. The van der Waals surface area contributed by atoms with E-state index in [-0.39, 0.29) is 5.91 Å². The van der Waals surface area contributed by atoms with Gasteiger partial charge >= 0.3 is 0 Å². The minimum absolute atomic E-state index is 0.130. The SMILES string of the molecule is Cc1ccc(CSCC(=O)NCCCc2ccccc2)cc1. The number of thioether (sulfide) groups is 1. The number of rotatable bonds is 8.